The fraction of sp³-hybridized carbons (Fsp3) is 0.250. The van der Waals surface area contributed by atoms with Crippen LogP contribution in [0.25, 0.3) is 6.08 Å². The first-order valence-corrected chi connectivity index (χ1v) is 5.04. The molecule has 16 heavy (non-hydrogen) atoms. The Bertz CT molecular complexity index is 428. The number of carboxylic acid groups (broad SMARTS) is 1. The number of nitrogens with one attached hydrogen (secondary N) is 1. The summed E-state index contributed by atoms with van der Waals surface area (Å²) >= 11 is 0. The van der Waals surface area contributed by atoms with Crippen molar-refractivity contribution in [3.63, 3.8) is 0 Å². The van der Waals surface area contributed by atoms with Crippen molar-refractivity contribution < 1.29 is 14.6 Å². The van der Waals surface area contributed by atoms with Crippen LogP contribution in [0.5, 0.6) is 0 Å². The maximum Gasteiger partial charge on any atom is 0.405 e. The summed E-state index contributed by atoms with van der Waals surface area (Å²) in [6.45, 7) is 4.62. The Morgan fingerprint density at radius 1 is 1.62 bits per heavy atom. The summed E-state index contributed by atoms with van der Waals surface area (Å²) in [6, 6.07) is 5.47. The fourth-order valence-corrected chi connectivity index (χ4v) is 1.94. The zero-order valence-electron chi connectivity index (χ0n) is 8.77. The van der Waals surface area contributed by atoms with E-state index in [1.54, 1.807) is 6.08 Å². The summed E-state index contributed by atoms with van der Waals surface area (Å²) in [5, 5.41) is 11.2. The molecule has 1 amide bonds. The van der Waals surface area contributed by atoms with Gasteiger partial charge in [0.05, 0.1) is 19.3 Å². The van der Waals surface area contributed by atoms with Crippen molar-refractivity contribution in [2.45, 2.75) is 12.6 Å². The molecule has 0 saturated carbocycles. The summed E-state index contributed by atoms with van der Waals surface area (Å²) in [5.41, 5.74) is 2.99. The normalized spacial score (nSPS) is 18.6. The molecule has 1 aliphatic rings. The second kappa shape index (κ2) is 4.37. The van der Waals surface area contributed by atoms with Crippen LogP contribution in [0, 0.1) is 0 Å². The van der Waals surface area contributed by atoms with E-state index in [-0.39, 0.29) is 6.04 Å². The van der Waals surface area contributed by atoms with Crippen molar-refractivity contribution in [3.8, 4) is 0 Å². The molecule has 0 aliphatic carbocycles. The molecule has 4 nitrogen and oxygen atoms in total. The van der Waals surface area contributed by atoms with Gasteiger partial charge in [-0.25, -0.2) is 4.79 Å². The van der Waals surface area contributed by atoms with Crippen LogP contribution < -0.4 is 5.32 Å². The van der Waals surface area contributed by atoms with Crippen molar-refractivity contribution in [1.82, 2.24) is 5.32 Å². The van der Waals surface area contributed by atoms with Crippen LogP contribution >= 0.6 is 0 Å². The quantitative estimate of drug-likeness (QED) is 0.801. The van der Waals surface area contributed by atoms with Crippen LogP contribution in [0.3, 0.4) is 0 Å². The number of ether oxygens (including phenoxy) is 1. The van der Waals surface area contributed by atoms with Crippen LogP contribution in [0.2, 0.25) is 0 Å². The standard InChI is InChI=1S/C12H13NO3/c1-2-8-4-3-5-9-10(8)6-16-7-11(9)13-12(14)15/h2-5,11,13H,1,6-7H2,(H,14,15). The molecule has 0 spiro atoms. The Kier molecular flexibility index (Phi) is 2.92. The minimum atomic E-state index is -1.04. The zero-order chi connectivity index (χ0) is 11.5. The third-order valence-corrected chi connectivity index (χ3v) is 2.67. The molecule has 1 aliphatic heterocycles. The Labute approximate surface area is 93.5 Å². The molecule has 4 heteroatoms. The van der Waals surface area contributed by atoms with E-state index in [0.29, 0.717) is 13.2 Å². The van der Waals surface area contributed by atoms with Gasteiger partial charge in [-0.05, 0) is 16.7 Å². The van der Waals surface area contributed by atoms with Gasteiger partial charge < -0.3 is 15.2 Å². The maximum absolute atomic E-state index is 10.6. The second-order valence-corrected chi connectivity index (χ2v) is 3.64. The van der Waals surface area contributed by atoms with Gasteiger partial charge in [0.15, 0.2) is 0 Å². The van der Waals surface area contributed by atoms with Gasteiger partial charge in [-0.2, -0.15) is 0 Å². The highest BCUT2D eigenvalue weighted by Crippen LogP contribution is 2.27. The Morgan fingerprint density at radius 3 is 3.12 bits per heavy atom. The van der Waals surface area contributed by atoms with Crippen molar-refractivity contribution in [1.29, 1.82) is 0 Å². The van der Waals surface area contributed by atoms with E-state index in [4.69, 9.17) is 9.84 Å². The van der Waals surface area contributed by atoms with E-state index < -0.39 is 6.09 Å². The summed E-state index contributed by atoms with van der Waals surface area (Å²) < 4.78 is 5.38. The Hall–Kier alpha value is -1.81. The minimum absolute atomic E-state index is 0.291. The van der Waals surface area contributed by atoms with Crippen molar-refractivity contribution in [2.75, 3.05) is 6.61 Å². The summed E-state index contributed by atoms with van der Waals surface area (Å²) in [5.74, 6) is 0. The molecule has 0 saturated heterocycles. The van der Waals surface area contributed by atoms with Gasteiger partial charge in [0.25, 0.3) is 0 Å². The average Bonchev–Trinajstić information content (AvgIpc) is 2.28. The molecule has 0 bridgehead atoms. The van der Waals surface area contributed by atoms with E-state index in [9.17, 15) is 4.79 Å². The lowest BCUT2D eigenvalue weighted by atomic mass is 9.94. The minimum Gasteiger partial charge on any atom is -0.465 e. The van der Waals surface area contributed by atoms with Crippen LogP contribution in [0.1, 0.15) is 22.7 Å². The summed E-state index contributed by atoms with van der Waals surface area (Å²) in [6.07, 6.45) is 0.719. The average molecular weight is 219 g/mol. The van der Waals surface area contributed by atoms with E-state index in [1.165, 1.54) is 0 Å². The van der Waals surface area contributed by atoms with E-state index in [1.807, 2.05) is 18.2 Å². The molecule has 0 radical (unpaired) electrons. The monoisotopic (exact) mass is 219 g/mol. The summed E-state index contributed by atoms with van der Waals surface area (Å²) in [7, 11) is 0. The number of fused-ring (bicyclic) bond motifs is 1. The van der Waals surface area contributed by atoms with E-state index in [0.717, 1.165) is 16.7 Å². The van der Waals surface area contributed by atoms with Gasteiger partial charge in [0.1, 0.15) is 0 Å². The molecule has 2 N–H and O–H groups in total. The van der Waals surface area contributed by atoms with Gasteiger partial charge in [-0.15, -0.1) is 0 Å². The van der Waals surface area contributed by atoms with E-state index in [2.05, 4.69) is 11.9 Å². The molecule has 1 unspecified atom stereocenters. The molecule has 1 atom stereocenters. The molecule has 1 heterocycles. The third-order valence-electron chi connectivity index (χ3n) is 2.67. The molecule has 84 valence electrons. The number of carbonyl (C=O) groups is 1. The highest BCUT2D eigenvalue weighted by Gasteiger charge is 2.23. The topological polar surface area (TPSA) is 58.6 Å². The van der Waals surface area contributed by atoms with Crippen LogP contribution in [0.15, 0.2) is 24.8 Å². The molecule has 0 fully saturated rings. The highest BCUT2D eigenvalue weighted by molar-refractivity contribution is 5.66. The van der Waals surface area contributed by atoms with Gasteiger partial charge in [0, 0.05) is 0 Å². The van der Waals surface area contributed by atoms with Crippen LogP contribution in [-0.4, -0.2) is 17.8 Å². The Balaban J connectivity index is 2.38. The molecule has 0 aromatic heterocycles. The molecular formula is C12H13NO3. The smallest absolute Gasteiger partial charge is 0.405 e. The fourth-order valence-electron chi connectivity index (χ4n) is 1.94. The SMILES string of the molecule is C=Cc1cccc2c1COCC2NC(=O)O. The number of rotatable bonds is 2. The Morgan fingerprint density at radius 2 is 2.44 bits per heavy atom. The van der Waals surface area contributed by atoms with E-state index >= 15 is 0 Å². The third kappa shape index (κ3) is 1.92. The molecule has 1 aromatic carbocycles. The predicted molar refractivity (Wildman–Crippen MR) is 60.1 cm³/mol. The first kappa shape index (κ1) is 10.7. The number of amides is 1. The molecular weight excluding hydrogens is 206 g/mol. The lowest BCUT2D eigenvalue weighted by molar-refractivity contribution is 0.0807. The first-order valence-electron chi connectivity index (χ1n) is 5.04. The lowest BCUT2D eigenvalue weighted by Gasteiger charge is -2.26. The number of hydrogen-bond acceptors (Lipinski definition) is 2. The second-order valence-electron chi connectivity index (χ2n) is 3.64. The maximum atomic E-state index is 10.6. The van der Waals surface area contributed by atoms with Crippen molar-refractivity contribution in [3.05, 3.63) is 41.5 Å². The zero-order valence-corrected chi connectivity index (χ0v) is 8.77. The predicted octanol–water partition coefficient (Wildman–Crippen LogP) is 2.17. The van der Waals surface area contributed by atoms with Gasteiger partial charge in [-0.1, -0.05) is 30.9 Å². The lowest BCUT2D eigenvalue weighted by Crippen LogP contribution is -2.33. The first-order chi connectivity index (χ1) is 7.72. The number of benzene rings is 1. The van der Waals surface area contributed by atoms with Crippen LogP contribution in [0.4, 0.5) is 4.79 Å². The van der Waals surface area contributed by atoms with Gasteiger partial charge >= 0.3 is 6.09 Å². The van der Waals surface area contributed by atoms with Gasteiger partial charge in [0.2, 0.25) is 0 Å². The molecule has 2 rings (SSSR count). The van der Waals surface area contributed by atoms with Crippen LogP contribution in [-0.2, 0) is 11.3 Å². The molecule has 1 aromatic rings. The largest absolute Gasteiger partial charge is 0.465 e. The highest BCUT2D eigenvalue weighted by atomic mass is 16.5. The van der Waals surface area contributed by atoms with Crippen molar-refractivity contribution >= 4 is 12.2 Å². The summed E-state index contributed by atoms with van der Waals surface area (Å²) in [4.78, 5) is 10.6. The van der Waals surface area contributed by atoms with Gasteiger partial charge in [-0.3, -0.25) is 0 Å². The number of hydrogen-bond donors (Lipinski definition) is 2. The van der Waals surface area contributed by atoms with Crippen molar-refractivity contribution in [2.24, 2.45) is 0 Å².